The zero-order valence-corrected chi connectivity index (χ0v) is 23.2. The van der Waals surface area contributed by atoms with Crippen LogP contribution in [0.25, 0.3) is 10.8 Å². The van der Waals surface area contributed by atoms with E-state index in [9.17, 15) is 18.0 Å². The summed E-state index contributed by atoms with van der Waals surface area (Å²) in [5.74, 6) is -0.965. The van der Waals surface area contributed by atoms with Crippen LogP contribution in [-0.4, -0.2) is 73.3 Å². The van der Waals surface area contributed by atoms with E-state index < -0.39 is 34.0 Å². The first-order valence-electron chi connectivity index (χ1n) is 13.1. The molecule has 2 fully saturated rings. The Balaban J connectivity index is 1.52. The molecule has 2 aliphatic rings. The molecule has 0 bridgehead atoms. The predicted molar refractivity (Wildman–Crippen MR) is 148 cm³/mol. The van der Waals surface area contributed by atoms with E-state index in [1.807, 2.05) is 12.1 Å². The number of sulfonamides is 1. The molecule has 2 aliphatic heterocycles. The summed E-state index contributed by atoms with van der Waals surface area (Å²) in [5, 5.41) is 5.40. The van der Waals surface area contributed by atoms with Crippen molar-refractivity contribution in [3.63, 3.8) is 0 Å². The van der Waals surface area contributed by atoms with E-state index in [1.54, 1.807) is 54.5 Å². The molecule has 3 heterocycles. The van der Waals surface area contributed by atoms with Gasteiger partial charge < -0.3 is 15.0 Å². The van der Waals surface area contributed by atoms with Gasteiger partial charge in [0.05, 0.1) is 24.1 Å². The van der Waals surface area contributed by atoms with Gasteiger partial charge in [0.25, 0.3) is 0 Å². The second kappa shape index (κ2) is 11.6. The second-order valence-electron chi connectivity index (χ2n) is 9.83. The Morgan fingerprint density at radius 2 is 1.79 bits per heavy atom. The number of esters is 1. The molecule has 206 valence electrons. The van der Waals surface area contributed by atoms with E-state index >= 15 is 0 Å². The van der Waals surface area contributed by atoms with Crippen molar-refractivity contribution in [1.82, 2.24) is 19.5 Å². The van der Waals surface area contributed by atoms with Crippen molar-refractivity contribution >= 4 is 44.3 Å². The topological polar surface area (TPSA) is 109 Å². The summed E-state index contributed by atoms with van der Waals surface area (Å²) in [7, 11) is -4.09. The van der Waals surface area contributed by atoms with E-state index in [0.717, 1.165) is 41.2 Å². The lowest BCUT2D eigenvalue weighted by atomic mass is 9.84. The molecule has 39 heavy (non-hydrogen) atoms. The van der Waals surface area contributed by atoms with E-state index in [-0.39, 0.29) is 30.5 Å². The first-order chi connectivity index (χ1) is 18.8. The Morgan fingerprint density at radius 1 is 1.10 bits per heavy atom. The smallest absolute Gasteiger partial charge is 0.330 e. The number of piperazine rings is 1. The van der Waals surface area contributed by atoms with Gasteiger partial charge in [-0.2, -0.15) is 4.31 Å². The van der Waals surface area contributed by atoms with Crippen LogP contribution in [-0.2, 0) is 24.3 Å². The number of fused-ring (bicyclic) bond motifs is 1. The lowest BCUT2D eigenvalue weighted by Crippen LogP contribution is -2.62. The number of aromatic nitrogens is 1. The second-order valence-corrected chi connectivity index (χ2v) is 12.2. The minimum absolute atomic E-state index is 0.0465. The molecule has 0 aliphatic carbocycles. The van der Waals surface area contributed by atoms with Gasteiger partial charge in [-0.15, -0.1) is 0 Å². The molecular weight excluding hydrogens is 540 g/mol. The fraction of sp³-hybridized carbons (Fsp3) is 0.393. The highest BCUT2D eigenvalue weighted by Crippen LogP contribution is 2.38. The van der Waals surface area contributed by atoms with Gasteiger partial charge in [0.15, 0.2) is 0 Å². The highest BCUT2D eigenvalue weighted by atomic mass is 35.5. The fourth-order valence-electron chi connectivity index (χ4n) is 5.60. The van der Waals surface area contributed by atoms with Gasteiger partial charge in [-0.25, -0.2) is 13.2 Å². The van der Waals surface area contributed by atoms with Crippen LogP contribution in [0.2, 0.25) is 5.02 Å². The molecule has 2 saturated heterocycles. The largest absolute Gasteiger partial charge is 0.464 e. The predicted octanol–water partition coefficient (Wildman–Crippen LogP) is 3.39. The lowest BCUT2D eigenvalue weighted by Gasteiger charge is -2.46. The summed E-state index contributed by atoms with van der Waals surface area (Å²) >= 11 is 6.08. The molecule has 5 rings (SSSR count). The Hall–Kier alpha value is -3.05. The van der Waals surface area contributed by atoms with E-state index in [4.69, 9.17) is 16.3 Å². The van der Waals surface area contributed by atoms with Crippen LogP contribution in [0.3, 0.4) is 0 Å². The number of halogens is 1. The van der Waals surface area contributed by atoms with Crippen LogP contribution >= 0.6 is 11.6 Å². The average molecular weight is 571 g/mol. The van der Waals surface area contributed by atoms with Crippen LogP contribution in [0.5, 0.6) is 0 Å². The third-order valence-corrected chi connectivity index (χ3v) is 9.50. The van der Waals surface area contributed by atoms with Gasteiger partial charge >= 0.3 is 5.97 Å². The van der Waals surface area contributed by atoms with Crippen LogP contribution in [0, 0.1) is 5.92 Å². The minimum atomic E-state index is -4.09. The number of ether oxygens (including phenoxy) is 1. The Morgan fingerprint density at radius 3 is 2.51 bits per heavy atom. The molecule has 2 atom stereocenters. The number of nitrogens with zero attached hydrogens (tertiary/aromatic N) is 3. The average Bonchev–Trinajstić information content (AvgIpc) is 2.94. The quantitative estimate of drug-likeness (QED) is 0.434. The van der Waals surface area contributed by atoms with Crippen molar-refractivity contribution < 1.29 is 22.7 Å². The monoisotopic (exact) mass is 570 g/mol. The number of benzene rings is 2. The van der Waals surface area contributed by atoms with Crippen LogP contribution < -0.4 is 5.32 Å². The van der Waals surface area contributed by atoms with Crippen molar-refractivity contribution in [2.75, 3.05) is 32.8 Å². The van der Waals surface area contributed by atoms with Crippen molar-refractivity contribution in [2.24, 2.45) is 5.92 Å². The zero-order chi connectivity index (χ0) is 27.6. The van der Waals surface area contributed by atoms with E-state index in [1.165, 1.54) is 6.07 Å². The summed E-state index contributed by atoms with van der Waals surface area (Å²) in [6, 6.07) is 12.2. The maximum atomic E-state index is 13.9. The third-order valence-electron chi connectivity index (χ3n) is 7.46. The number of carbonyl (C=O) groups is 2. The van der Waals surface area contributed by atoms with Crippen LogP contribution in [0.15, 0.2) is 65.8 Å². The summed E-state index contributed by atoms with van der Waals surface area (Å²) in [6.07, 6.45) is 4.96. The number of nitrogens with one attached hydrogen (secondary N) is 1. The van der Waals surface area contributed by atoms with E-state index in [2.05, 4.69) is 10.3 Å². The molecule has 0 saturated carbocycles. The van der Waals surface area contributed by atoms with Crippen LogP contribution in [0.1, 0.15) is 31.4 Å². The standard InChI is InChI=1S/C28H31ClN4O5S/c1-2-38-28(35)25-17-32(39(36,37)24-6-4-21-15-23(29)5-3-22(21)16-24)18-26(34)33(25)27(19-7-11-30-12-8-19)20-9-13-31-14-10-20/h3-8,11-12,15-16,20,25,27,31H,2,9-10,13-14,17-18H2,1H3/t25-,27?/m1/s1. The number of amides is 1. The fourth-order valence-corrected chi connectivity index (χ4v) is 7.21. The maximum absolute atomic E-state index is 13.9. The third kappa shape index (κ3) is 5.65. The van der Waals surface area contributed by atoms with Gasteiger partial charge in [-0.05, 0) is 91.5 Å². The van der Waals surface area contributed by atoms with Gasteiger partial charge in [-0.3, -0.25) is 9.78 Å². The van der Waals surface area contributed by atoms with E-state index in [0.29, 0.717) is 10.4 Å². The molecule has 9 nitrogen and oxygen atoms in total. The highest BCUT2D eigenvalue weighted by Gasteiger charge is 2.47. The molecule has 1 aromatic heterocycles. The number of rotatable bonds is 7. The summed E-state index contributed by atoms with van der Waals surface area (Å²) in [4.78, 5) is 32.9. The van der Waals surface area contributed by atoms with Crippen molar-refractivity contribution in [1.29, 1.82) is 0 Å². The van der Waals surface area contributed by atoms with Crippen molar-refractivity contribution in [2.45, 2.75) is 36.7 Å². The Kier molecular flexibility index (Phi) is 8.18. The normalized spacial score (nSPS) is 20.2. The number of pyridine rings is 1. The number of piperidine rings is 1. The van der Waals surface area contributed by atoms with Crippen molar-refractivity contribution in [3.8, 4) is 0 Å². The van der Waals surface area contributed by atoms with Crippen LogP contribution in [0.4, 0.5) is 0 Å². The van der Waals surface area contributed by atoms with Gasteiger partial charge in [-0.1, -0.05) is 23.7 Å². The molecule has 1 unspecified atom stereocenters. The Labute approximate surface area is 233 Å². The summed E-state index contributed by atoms with van der Waals surface area (Å²) in [6.45, 7) is 2.83. The molecule has 0 radical (unpaired) electrons. The molecule has 2 aromatic carbocycles. The van der Waals surface area contributed by atoms with Crippen molar-refractivity contribution in [3.05, 3.63) is 71.5 Å². The molecular formula is C28H31ClN4O5S. The SMILES string of the molecule is CCOC(=O)[C@H]1CN(S(=O)(=O)c2ccc3cc(Cl)ccc3c2)CC(=O)N1C(c1ccncc1)C1CCNCC1. The highest BCUT2D eigenvalue weighted by molar-refractivity contribution is 7.89. The number of hydrogen-bond donors (Lipinski definition) is 1. The zero-order valence-electron chi connectivity index (χ0n) is 21.6. The minimum Gasteiger partial charge on any atom is -0.464 e. The van der Waals surface area contributed by atoms with Gasteiger partial charge in [0.2, 0.25) is 15.9 Å². The molecule has 1 amide bonds. The lowest BCUT2D eigenvalue weighted by molar-refractivity contribution is -0.162. The maximum Gasteiger partial charge on any atom is 0.330 e. The van der Waals surface area contributed by atoms with Gasteiger partial charge in [0.1, 0.15) is 6.04 Å². The molecule has 3 aromatic rings. The summed E-state index contributed by atoms with van der Waals surface area (Å²) in [5.41, 5.74) is 0.865. The molecule has 11 heteroatoms. The number of carbonyl (C=O) groups excluding carboxylic acids is 2. The summed E-state index contributed by atoms with van der Waals surface area (Å²) < 4.78 is 34.0. The number of hydrogen-bond acceptors (Lipinski definition) is 7. The Bertz CT molecular complexity index is 1460. The first kappa shape index (κ1) is 27.5. The first-order valence-corrected chi connectivity index (χ1v) is 14.9. The van der Waals surface area contributed by atoms with Gasteiger partial charge in [0, 0.05) is 24.0 Å². The molecule has 1 N–H and O–H groups in total. The molecule has 0 spiro atoms.